The highest BCUT2D eigenvalue weighted by Crippen LogP contribution is 2.45. The average Bonchev–Trinajstić information content (AvgIpc) is 2.84. The molecule has 6 heteroatoms. The molecule has 208 valence electrons. The van der Waals surface area contributed by atoms with Gasteiger partial charge >= 0.3 is 0 Å². The lowest BCUT2D eigenvalue weighted by atomic mass is 9.84. The minimum absolute atomic E-state index is 0.0117. The molecular formula is C33H40O6. The topological polar surface area (TPSA) is 111 Å². The molecule has 39 heavy (non-hydrogen) atoms. The Kier molecular flexibility index (Phi) is 9.00. The van der Waals surface area contributed by atoms with Crippen LogP contribution in [0.5, 0.6) is 23.0 Å². The van der Waals surface area contributed by atoms with Gasteiger partial charge in [-0.2, -0.15) is 0 Å². The summed E-state index contributed by atoms with van der Waals surface area (Å²) in [5, 5.41) is 43.6. The molecule has 2 atom stereocenters. The van der Waals surface area contributed by atoms with Crippen molar-refractivity contribution in [3.8, 4) is 23.0 Å². The van der Waals surface area contributed by atoms with Crippen LogP contribution >= 0.6 is 0 Å². The predicted octanol–water partition coefficient (Wildman–Crippen LogP) is 7.95. The van der Waals surface area contributed by atoms with Gasteiger partial charge in [-0.1, -0.05) is 47.6 Å². The van der Waals surface area contributed by atoms with E-state index in [1.807, 2.05) is 41.5 Å². The van der Waals surface area contributed by atoms with E-state index >= 15 is 0 Å². The summed E-state index contributed by atoms with van der Waals surface area (Å²) >= 11 is 0. The van der Waals surface area contributed by atoms with Gasteiger partial charge in [0.25, 0.3) is 0 Å². The Morgan fingerprint density at radius 1 is 0.769 bits per heavy atom. The lowest BCUT2D eigenvalue weighted by molar-refractivity contribution is 0.400. The van der Waals surface area contributed by atoms with Gasteiger partial charge in [0.1, 0.15) is 22.5 Å². The fraction of sp³-hybridized carbons (Fsp3) is 0.364. The van der Waals surface area contributed by atoms with E-state index in [4.69, 9.17) is 4.42 Å². The molecule has 3 aromatic rings. The summed E-state index contributed by atoms with van der Waals surface area (Å²) in [4.78, 5) is 13.7. The van der Waals surface area contributed by atoms with Crippen LogP contribution in [0, 0.1) is 11.8 Å². The van der Waals surface area contributed by atoms with Crippen molar-refractivity contribution in [2.24, 2.45) is 11.8 Å². The van der Waals surface area contributed by atoms with Crippen molar-refractivity contribution in [2.75, 3.05) is 0 Å². The van der Waals surface area contributed by atoms with Crippen LogP contribution in [-0.4, -0.2) is 20.4 Å². The molecule has 0 fully saturated rings. The molecule has 0 bridgehead atoms. The number of aromatic hydroxyl groups is 4. The van der Waals surface area contributed by atoms with Gasteiger partial charge in [-0.25, -0.2) is 0 Å². The number of phenolic OH excluding ortho intramolecular Hbond substituents is 4. The number of rotatable bonds is 10. The van der Waals surface area contributed by atoms with E-state index in [2.05, 4.69) is 25.3 Å². The van der Waals surface area contributed by atoms with Crippen molar-refractivity contribution in [1.29, 1.82) is 0 Å². The summed E-state index contributed by atoms with van der Waals surface area (Å²) < 4.78 is 6.02. The van der Waals surface area contributed by atoms with E-state index in [0.29, 0.717) is 18.4 Å². The van der Waals surface area contributed by atoms with Crippen molar-refractivity contribution < 1.29 is 24.8 Å². The summed E-state index contributed by atoms with van der Waals surface area (Å²) in [6, 6.07) is 2.55. The zero-order valence-corrected chi connectivity index (χ0v) is 23.8. The second-order valence-corrected chi connectivity index (χ2v) is 11.1. The standard InChI is InChI=1S/C33H40O6/c1-17(2)9-11-21(19(5)6)15-24-28(35)25(16-22(20(7)8)12-10-18(3)4)32-27(30(24)37)29(36)23-13-14-26(34)31(38)33(23)39-32/h9-10,13-14,21-22,34-35,37-38H,5,7,11-12,15-16H2,1-4,6,8H3/t21-,22-/m1/s1. The van der Waals surface area contributed by atoms with Crippen molar-refractivity contribution in [3.05, 3.63) is 81.1 Å². The van der Waals surface area contributed by atoms with Crippen LogP contribution in [0.25, 0.3) is 21.9 Å². The summed E-state index contributed by atoms with van der Waals surface area (Å²) in [6.07, 6.45) is 6.05. The summed E-state index contributed by atoms with van der Waals surface area (Å²) in [5.41, 5.74) is 3.88. The Labute approximate surface area is 229 Å². The second-order valence-electron chi connectivity index (χ2n) is 11.1. The number of hydrogen-bond donors (Lipinski definition) is 4. The van der Waals surface area contributed by atoms with E-state index in [1.54, 1.807) is 0 Å². The van der Waals surface area contributed by atoms with Crippen LogP contribution in [0.15, 0.2) is 68.9 Å². The normalized spacial score (nSPS) is 12.8. The fourth-order valence-electron chi connectivity index (χ4n) is 4.76. The van der Waals surface area contributed by atoms with Gasteiger partial charge in [0.15, 0.2) is 11.3 Å². The van der Waals surface area contributed by atoms with Crippen LogP contribution in [-0.2, 0) is 12.8 Å². The first kappa shape index (κ1) is 29.6. The largest absolute Gasteiger partial charge is 0.507 e. The number of phenols is 4. The van der Waals surface area contributed by atoms with E-state index < -0.39 is 16.9 Å². The lowest BCUT2D eigenvalue weighted by Crippen LogP contribution is -2.12. The Bertz CT molecular complexity index is 1560. The van der Waals surface area contributed by atoms with E-state index in [1.165, 1.54) is 12.1 Å². The molecular weight excluding hydrogens is 492 g/mol. The maximum atomic E-state index is 13.7. The van der Waals surface area contributed by atoms with Crippen LogP contribution in [0.3, 0.4) is 0 Å². The third-order valence-electron chi connectivity index (χ3n) is 7.30. The van der Waals surface area contributed by atoms with Crippen molar-refractivity contribution in [3.63, 3.8) is 0 Å². The van der Waals surface area contributed by atoms with E-state index in [-0.39, 0.29) is 63.7 Å². The van der Waals surface area contributed by atoms with Gasteiger partial charge in [0.2, 0.25) is 11.2 Å². The van der Waals surface area contributed by atoms with Gasteiger partial charge < -0.3 is 24.8 Å². The molecule has 4 N–H and O–H groups in total. The molecule has 0 spiro atoms. The van der Waals surface area contributed by atoms with Gasteiger partial charge in [-0.15, -0.1) is 0 Å². The zero-order valence-electron chi connectivity index (χ0n) is 23.8. The minimum atomic E-state index is -0.578. The molecule has 1 heterocycles. The molecule has 0 aliphatic heterocycles. The SMILES string of the molecule is C=C(C)[C@H](CC=C(C)C)Cc1c(O)c(C[C@@H](CC=C(C)C)C(=C)C)c2oc3c(O)c(O)ccc3c(=O)c2c1O. The van der Waals surface area contributed by atoms with Crippen molar-refractivity contribution in [2.45, 2.75) is 67.2 Å². The average molecular weight is 533 g/mol. The molecule has 3 rings (SSSR count). The molecule has 0 radical (unpaired) electrons. The highest BCUT2D eigenvalue weighted by molar-refractivity contribution is 5.99. The first-order chi connectivity index (χ1) is 18.2. The van der Waals surface area contributed by atoms with Crippen molar-refractivity contribution in [1.82, 2.24) is 0 Å². The summed E-state index contributed by atoms with van der Waals surface area (Å²) in [7, 11) is 0. The van der Waals surface area contributed by atoms with Crippen LogP contribution in [0.4, 0.5) is 0 Å². The molecule has 0 aliphatic rings. The maximum absolute atomic E-state index is 13.7. The lowest BCUT2D eigenvalue weighted by Gasteiger charge is -2.22. The minimum Gasteiger partial charge on any atom is -0.507 e. The molecule has 6 nitrogen and oxygen atoms in total. The second kappa shape index (κ2) is 11.9. The monoisotopic (exact) mass is 532 g/mol. The maximum Gasteiger partial charge on any atom is 0.204 e. The first-order valence-electron chi connectivity index (χ1n) is 13.2. The molecule has 0 saturated carbocycles. The van der Waals surface area contributed by atoms with Gasteiger partial charge in [0, 0.05) is 11.1 Å². The third kappa shape index (κ3) is 6.22. The van der Waals surface area contributed by atoms with Crippen LogP contribution in [0.1, 0.15) is 65.5 Å². The van der Waals surface area contributed by atoms with E-state index in [9.17, 15) is 25.2 Å². The number of fused-ring (bicyclic) bond motifs is 2. The van der Waals surface area contributed by atoms with E-state index in [0.717, 1.165) is 22.3 Å². The van der Waals surface area contributed by atoms with Gasteiger partial charge in [-0.05, 0) is 91.2 Å². The Balaban J connectivity index is 2.40. The number of allylic oxidation sites excluding steroid dienone is 6. The van der Waals surface area contributed by atoms with Crippen molar-refractivity contribution >= 4 is 21.9 Å². The Hall–Kier alpha value is -3.93. The fourth-order valence-corrected chi connectivity index (χ4v) is 4.76. The first-order valence-corrected chi connectivity index (χ1v) is 13.2. The predicted molar refractivity (Wildman–Crippen MR) is 159 cm³/mol. The summed E-state index contributed by atoms with van der Waals surface area (Å²) in [5.74, 6) is -1.71. The van der Waals surface area contributed by atoms with Crippen LogP contribution in [0.2, 0.25) is 0 Å². The number of benzene rings is 2. The smallest absolute Gasteiger partial charge is 0.204 e. The Morgan fingerprint density at radius 3 is 1.77 bits per heavy atom. The highest BCUT2D eigenvalue weighted by atomic mass is 16.4. The van der Waals surface area contributed by atoms with Crippen LogP contribution < -0.4 is 5.43 Å². The highest BCUT2D eigenvalue weighted by Gasteiger charge is 2.28. The van der Waals surface area contributed by atoms with Gasteiger partial charge in [0.05, 0.1) is 5.39 Å². The molecule has 0 aliphatic carbocycles. The van der Waals surface area contributed by atoms with Gasteiger partial charge in [-0.3, -0.25) is 4.79 Å². The summed E-state index contributed by atoms with van der Waals surface area (Å²) in [6.45, 7) is 20.1. The Morgan fingerprint density at radius 2 is 1.28 bits per heavy atom. The molecule has 0 amide bonds. The quantitative estimate of drug-likeness (QED) is 0.120. The third-order valence-corrected chi connectivity index (χ3v) is 7.30. The zero-order chi connectivity index (χ0) is 29.2. The molecule has 2 aromatic carbocycles. The number of hydrogen-bond acceptors (Lipinski definition) is 6. The molecule has 0 unspecified atom stereocenters. The molecule has 0 saturated heterocycles. The molecule has 1 aromatic heterocycles.